The summed E-state index contributed by atoms with van der Waals surface area (Å²) in [7, 11) is 0. The van der Waals surface area contributed by atoms with Gasteiger partial charge in [-0.1, -0.05) is 42.5 Å². The first-order valence-corrected chi connectivity index (χ1v) is 8.25. The van der Waals surface area contributed by atoms with E-state index < -0.39 is 5.97 Å². The molecule has 1 atom stereocenters. The lowest BCUT2D eigenvalue weighted by molar-refractivity contribution is 0.0691. The molecule has 0 aliphatic carbocycles. The van der Waals surface area contributed by atoms with Gasteiger partial charge in [-0.2, -0.15) is 0 Å². The molecule has 1 aliphatic heterocycles. The van der Waals surface area contributed by atoms with E-state index >= 15 is 0 Å². The van der Waals surface area contributed by atoms with E-state index in [0.717, 1.165) is 24.5 Å². The van der Waals surface area contributed by atoms with Crippen molar-refractivity contribution in [2.24, 2.45) is 0 Å². The Morgan fingerprint density at radius 3 is 2.95 bits per heavy atom. The molecule has 22 heavy (non-hydrogen) atoms. The fraction of sp³-hybridized carbons (Fsp3) is 0.294. The second kappa shape index (κ2) is 6.85. The Balaban J connectivity index is 1.65. The van der Waals surface area contributed by atoms with E-state index in [1.165, 1.54) is 23.3 Å². The first-order chi connectivity index (χ1) is 10.7. The highest BCUT2D eigenvalue weighted by molar-refractivity contribution is 7.09. The van der Waals surface area contributed by atoms with Gasteiger partial charge < -0.3 is 5.11 Å². The van der Waals surface area contributed by atoms with Crippen LogP contribution in [0.3, 0.4) is 0 Å². The third-order valence-electron chi connectivity index (χ3n) is 3.83. The predicted molar refractivity (Wildman–Crippen MR) is 88.0 cm³/mol. The Labute approximate surface area is 133 Å². The van der Waals surface area contributed by atoms with Crippen molar-refractivity contribution in [3.8, 4) is 0 Å². The van der Waals surface area contributed by atoms with Crippen molar-refractivity contribution in [1.29, 1.82) is 0 Å². The molecule has 1 saturated heterocycles. The number of benzene rings is 1. The van der Waals surface area contributed by atoms with Crippen molar-refractivity contribution in [3.63, 3.8) is 0 Å². The van der Waals surface area contributed by atoms with Crippen LogP contribution in [0.1, 0.15) is 33.9 Å². The van der Waals surface area contributed by atoms with Crippen molar-refractivity contribution in [2.45, 2.75) is 25.4 Å². The number of hydrogen-bond donors (Lipinski definition) is 1. The molecule has 1 aliphatic rings. The van der Waals surface area contributed by atoms with E-state index in [-0.39, 0.29) is 5.69 Å². The summed E-state index contributed by atoms with van der Waals surface area (Å²) in [6.07, 6.45) is 6.71. The van der Waals surface area contributed by atoms with E-state index in [0.29, 0.717) is 6.04 Å². The smallest absolute Gasteiger partial charge is 0.355 e. The molecule has 0 bridgehead atoms. The maximum Gasteiger partial charge on any atom is 0.355 e. The summed E-state index contributed by atoms with van der Waals surface area (Å²) >= 11 is 1.42. The lowest BCUT2D eigenvalue weighted by Gasteiger charge is -2.20. The molecule has 114 valence electrons. The fourth-order valence-corrected chi connectivity index (χ4v) is 3.50. The van der Waals surface area contributed by atoms with Crippen LogP contribution in [0, 0.1) is 0 Å². The van der Waals surface area contributed by atoms with Crippen LogP contribution in [-0.2, 0) is 6.54 Å². The number of nitrogens with zero attached hydrogens (tertiary/aromatic N) is 2. The molecule has 1 N–H and O–H groups in total. The van der Waals surface area contributed by atoms with Crippen molar-refractivity contribution in [2.75, 3.05) is 6.54 Å². The van der Waals surface area contributed by atoms with Gasteiger partial charge in [-0.25, -0.2) is 9.78 Å². The quantitative estimate of drug-likeness (QED) is 0.917. The first-order valence-electron chi connectivity index (χ1n) is 7.37. The molecule has 0 spiro atoms. The number of aromatic carboxylic acids is 1. The maximum atomic E-state index is 10.9. The van der Waals surface area contributed by atoms with Crippen molar-refractivity contribution < 1.29 is 9.90 Å². The minimum atomic E-state index is -0.954. The molecule has 0 radical (unpaired) electrons. The van der Waals surface area contributed by atoms with Crippen LogP contribution >= 0.6 is 11.3 Å². The van der Waals surface area contributed by atoms with E-state index in [1.807, 2.05) is 18.2 Å². The third-order valence-corrected chi connectivity index (χ3v) is 4.67. The highest BCUT2D eigenvalue weighted by atomic mass is 32.1. The Bertz CT molecular complexity index is 666. The van der Waals surface area contributed by atoms with Gasteiger partial charge in [-0.3, -0.25) is 4.90 Å². The zero-order valence-electron chi connectivity index (χ0n) is 12.2. The van der Waals surface area contributed by atoms with Crippen LogP contribution in [0.2, 0.25) is 0 Å². The van der Waals surface area contributed by atoms with Gasteiger partial charge in [-0.05, 0) is 24.9 Å². The van der Waals surface area contributed by atoms with E-state index in [9.17, 15) is 4.79 Å². The molecule has 3 rings (SSSR count). The van der Waals surface area contributed by atoms with Crippen LogP contribution in [0.25, 0.3) is 6.08 Å². The van der Waals surface area contributed by atoms with Crippen LogP contribution in [0.5, 0.6) is 0 Å². The minimum absolute atomic E-state index is 0.149. The maximum absolute atomic E-state index is 10.9. The third kappa shape index (κ3) is 3.61. The summed E-state index contributed by atoms with van der Waals surface area (Å²) in [4.78, 5) is 17.4. The van der Waals surface area contributed by atoms with Crippen molar-refractivity contribution in [1.82, 2.24) is 9.88 Å². The van der Waals surface area contributed by atoms with Crippen LogP contribution in [0.4, 0.5) is 0 Å². The minimum Gasteiger partial charge on any atom is -0.476 e. The Morgan fingerprint density at radius 2 is 2.23 bits per heavy atom. The number of carbonyl (C=O) groups is 1. The molecular formula is C17H18N2O2S. The van der Waals surface area contributed by atoms with Gasteiger partial charge in [0, 0.05) is 11.4 Å². The topological polar surface area (TPSA) is 53.4 Å². The molecular weight excluding hydrogens is 296 g/mol. The van der Waals surface area contributed by atoms with Gasteiger partial charge in [0.2, 0.25) is 0 Å². The van der Waals surface area contributed by atoms with Crippen LogP contribution in [-0.4, -0.2) is 33.5 Å². The average Bonchev–Trinajstić information content (AvgIpc) is 3.16. The van der Waals surface area contributed by atoms with Crippen LogP contribution < -0.4 is 0 Å². The molecule has 0 saturated carbocycles. The molecule has 5 heteroatoms. The second-order valence-corrected chi connectivity index (χ2v) is 6.32. The molecule has 0 amide bonds. The summed E-state index contributed by atoms with van der Waals surface area (Å²) in [6, 6.07) is 10.7. The van der Waals surface area contributed by atoms with Gasteiger partial charge in [0.1, 0.15) is 5.01 Å². The molecule has 1 unspecified atom stereocenters. The lowest BCUT2D eigenvalue weighted by Crippen LogP contribution is -2.27. The van der Waals surface area contributed by atoms with Gasteiger partial charge in [0.05, 0.1) is 6.54 Å². The monoisotopic (exact) mass is 314 g/mol. The summed E-state index contributed by atoms with van der Waals surface area (Å²) in [6.45, 7) is 1.76. The average molecular weight is 314 g/mol. The Hall–Kier alpha value is -1.98. The highest BCUT2D eigenvalue weighted by Gasteiger charge is 2.23. The SMILES string of the molecule is O=C(O)c1csc(CN2CCCC2C=Cc2ccccc2)n1. The summed E-state index contributed by atoms with van der Waals surface area (Å²) in [5, 5.41) is 11.4. The summed E-state index contributed by atoms with van der Waals surface area (Å²) in [5.41, 5.74) is 1.35. The molecule has 1 fully saturated rings. The fourth-order valence-electron chi connectivity index (χ4n) is 2.71. The van der Waals surface area contributed by atoms with Crippen LogP contribution in [0.15, 0.2) is 41.8 Å². The highest BCUT2D eigenvalue weighted by Crippen LogP contribution is 2.23. The zero-order valence-corrected chi connectivity index (χ0v) is 13.0. The number of thiazole rings is 1. The lowest BCUT2D eigenvalue weighted by atomic mass is 10.1. The molecule has 1 aromatic carbocycles. The van der Waals surface area contributed by atoms with Gasteiger partial charge in [0.25, 0.3) is 0 Å². The normalized spacial score (nSPS) is 19.0. The van der Waals surface area contributed by atoms with Crippen molar-refractivity contribution >= 4 is 23.4 Å². The summed E-state index contributed by atoms with van der Waals surface area (Å²) < 4.78 is 0. The predicted octanol–water partition coefficient (Wildman–Crippen LogP) is 3.52. The van der Waals surface area contributed by atoms with Gasteiger partial charge >= 0.3 is 5.97 Å². The molecule has 2 heterocycles. The standard InChI is InChI=1S/C17H18N2O2S/c20-17(21)15-12-22-16(18-15)11-19-10-4-7-14(19)9-8-13-5-2-1-3-6-13/h1-3,5-6,8-9,12,14H,4,7,10-11H2,(H,20,21). The molecule has 1 aromatic heterocycles. The zero-order chi connectivity index (χ0) is 15.4. The Kier molecular flexibility index (Phi) is 4.65. The van der Waals surface area contributed by atoms with E-state index in [4.69, 9.17) is 5.11 Å². The first kappa shape index (κ1) is 14.9. The molecule has 4 nitrogen and oxygen atoms in total. The van der Waals surface area contributed by atoms with Crippen molar-refractivity contribution in [3.05, 3.63) is 58.1 Å². The number of carboxylic acids is 1. The van der Waals surface area contributed by atoms with Gasteiger partial charge in [-0.15, -0.1) is 11.3 Å². The summed E-state index contributed by atoms with van der Waals surface area (Å²) in [5.74, 6) is -0.954. The number of aromatic nitrogens is 1. The number of likely N-dealkylation sites (tertiary alicyclic amines) is 1. The Morgan fingerprint density at radius 1 is 1.41 bits per heavy atom. The number of rotatable bonds is 5. The van der Waals surface area contributed by atoms with E-state index in [1.54, 1.807) is 5.38 Å². The molecule has 2 aromatic rings. The van der Waals surface area contributed by atoms with E-state index in [2.05, 4.69) is 34.2 Å². The van der Waals surface area contributed by atoms with Gasteiger partial charge in [0.15, 0.2) is 5.69 Å². The number of carboxylic acid groups (broad SMARTS) is 1. The largest absolute Gasteiger partial charge is 0.476 e. The number of hydrogen-bond acceptors (Lipinski definition) is 4. The second-order valence-electron chi connectivity index (χ2n) is 5.38.